The average molecular weight is 261 g/mol. The molecule has 0 amide bonds. The third-order valence-corrected chi connectivity index (χ3v) is 3.52. The number of hydrogen-bond acceptors (Lipinski definition) is 5. The number of carbonyl (C=O) groups is 1. The van der Waals surface area contributed by atoms with E-state index in [2.05, 4.69) is 0 Å². The van der Waals surface area contributed by atoms with Crippen LogP contribution in [0.3, 0.4) is 0 Å². The Bertz CT molecular complexity index is 635. The highest BCUT2D eigenvalue weighted by Crippen LogP contribution is 2.30. The summed E-state index contributed by atoms with van der Waals surface area (Å²) in [7, 11) is 1.30. The van der Waals surface area contributed by atoms with Gasteiger partial charge in [-0.25, -0.2) is 4.79 Å². The van der Waals surface area contributed by atoms with E-state index < -0.39 is 5.97 Å². The standard InChI is InChI=1S/C12H11N3O2S/c1-7-8(6-13)11(14)15(9-4-3-5-18-9)10(7)12(16)17-2/h3-5H,14H2,1-2H3. The molecule has 0 atom stereocenters. The summed E-state index contributed by atoms with van der Waals surface area (Å²) in [6, 6.07) is 5.69. The third-order valence-electron chi connectivity index (χ3n) is 2.67. The predicted molar refractivity (Wildman–Crippen MR) is 68.8 cm³/mol. The molecule has 0 fully saturated rings. The first-order valence-electron chi connectivity index (χ1n) is 5.14. The van der Waals surface area contributed by atoms with Gasteiger partial charge in [-0.1, -0.05) is 0 Å². The molecule has 0 aliphatic carbocycles. The molecule has 0 aliphatic heterocycles. The molecular formula is C12H11N3O2S. The largest absolute Gasteiger partial charge is 0.464 e. The number of thiophene rings is 1. The second-order valence-corrected chi connectivity index (χ2v) is 4.55. The number of hydrogen-bond donors (Lipinski definition) is 1. The normalized spacial score (nSPS) is 10.1. The van der Waals surface area contributed by atoms with Crippen LogP contribution >= 0.6 is 11.3 Å². The van der Waals surface area contributed by atoms with E-state index in [1.165, 1.54) is 18.4 Å². The van der Waals surface area contributed by atoms with Gasteiger partial charge in [0.25, 0.3) is 0 Å². The summed E-state index contributed by atoms with van der Waals surface area (Å²) in [4.78, 5) is 11.8. The van der Waals surface area contributed by atoms with E-state index in [1.54, 1.807) is 11.5 Å². The fraction of sp³-hybridized carbons (Fsp3) is 0.167. The molecule has 0 radical (unpaired) electrons. The predicted octanol–water partition coefficient (Wildman–Crippen LogP) is 2.09. The highest BCUT2D eigenvalue weighted by atomic mass is 32.1. The molecule has 2 heterocycles. The van der Waals surface area contributed by atoms with Crippen molar-refractivity contribution in [1.29, 1.82) is 5.26 Å². The fourth-order valence-corrected chi connectivity index (χ4v) is 2.57. The van der Waals surface area contributed by atoms with Gasteiger partial charge < -0.3 is 10.5 Å². The molecule has 2 aromatic rings. The lowest BCUT2D eigenvalue weighted by molar-refractivity contribution is 0.0591. The highest BCUT2D eigenvalue weighted by Gasteiger charge is 2.25. The Labute approximate surface area is 108 Å². The number of nitrogens with two attached hydrogens (primary N) is 1. The molecule has 18 heavy (non-hydrogen) atoms. The second kappa shape index (κ2) is 4.55. The van der Waals surface area contributed by atoms with Crippen molar-refractivity contribution in [3.05, 3.63) is 34.3 Å². The summed E-state index contributed by atoms with van der Waals surface area (Å²) >= 11 is 1.43. The highest BCUT2D eigenvalue weighted by molar-refractivity contribution is 7.12. The molecule has 6 heteroatoms. The maximum absolute atomic E-state index is 11.8. The van der Waals surface area contributed by atoms with E-state index in [4.69, 9.17) is 15.7 Å². The number of rotatable bonds is 2. The van der Waals surface area contributed by atoms with Gasteiger partial charge in [0.15, 0.2) is 0 Å². The van der Waals surface area contributed by atoms with Gasteiger partial charge in [0.1, 0.15) is 22.6 Å². The van der Waals surface area contributed by atoms with E-state index >= 15 is 0 Å². The van der Waals surface area contributed by atoms with Crippen LogP contribution in [0.15, 0.2) is 17.5 Å². The van der Waals surface area contributed by atoms with Gasteiger partial charge >= 0.3 is 5.97 Å². The molecule has 5 nitrogen and oxygen atoms in total. The zero-order chi connectivity index (χ0) is 13.3. The monoisotopic (exact) mass is 261 g/mol. The molecule has 0 aromatic carbocycles. The lowest BCUT2D eigenvalue weighted by atomic mass is 10.2. The van der Waals surface area contributed by atoms with Gasteiger partial charge in [-0.2, -0.15) is 5.26 Å². The Morgan fingerprint density at radius 3 is 2.83 bits per heavy atom. The molecular weight excluding hydrogens is 250 g/mol. The van der Waals surface area contributed by atoms with Crippen LogP contribution in [0.5, 0.6) is 0 Å². The Hall–Kier alpha value is -2.26. The van der Waals surface area contributed by atoms with Crippen molar-refractivity contribution in [2.45, 2.75) is 6.92 Å². The van der Waals surface area contributed by atoms with Gasteiger partial charge in [-0.3, -0.25) is 4.57 Å². The summed E-state index contributed by atoms with van der Waals surface area (Å²) in [5.74, 6) is -0.244. The molecule has 92 valence electrons. The number of nitrogens with zero attached hydrogens (tertiary/aromatic N) is 2. The van der Waals surface area contributed by atoms with Crippen molar-refractivity contribution in [3.63, 3.8) is 0 Å². The van der Waals surface area contributed by atoms with Crippen LogP contribution in [-0.4, -0.2) is 17.6 Å². The van der Waals surface area contributed by atoms with Gasteiger partial charge in [-0.05, 0) is 24.4 Å². The minimum atomic E-state index is -0.505. The number of nitrogen functional groups attached to an aromatic ring is 1. The zero-order valence-electron chi connectivity index (χ0n) is 9.93. The number of nitriles is 1. The number of ether oxygens (including phenoxy) is 1. The Balaban J connectivity index is 2.79. The zero-order valence-corrected chi connectivity index (χ0v) is 10.7. The maximum atomic E-state index is 11.8. The third kappa shape index (κ3) is 1.65. The average Bonchev–Trinajstić information content (AvgIpc) is 2.95. The summed E-state index contributed by atoms with van der Waals surface area (Å²) < 4.78 is 6.31. The molecule has 2 rings (SSSR count). The quantitative estimate of drug-likeness (QED) is 0.839. The summed E-state index contributed by atoms with van der Waals surface area (Å²) in [5, 5.41) is 11.7. The van der Waals surface area contributed by atoms with E-state index in [0.717, 1.165) is 5.00 Å². The Morgan fingerprint density at radius 2 is 2.33 bits per heavy atom. The number of anilines is 1. The van der Waals surface area contributed by atoms with Crippen LogP contribution in [-0.2, 0) is 4.74 Å². The van der Waals surface area contributed by atoms with Crippen LogP contribution in [0.1, 0.15) is 21.6 Å². The van der Waals surface area contributed by atoms with Crippen molar-refractivity contribution in [1.82, 2.24) is 4.57 Å². The van der Waals surface area contributed by atoms with Gasteiger partial charge in [0, 0.05) is 5.56 Å². The molecule has 0 spiro atoms. The van der Waals surface area contributed by atoms with Crippen molar-refractivity contribution in [2.24, 2.45) is 0 Å². The van der Waals surface area contributed by atoms with Crippen molar-refractivity contribution in [2.75, 3.05) is 12.8 Å². The number of esters is 1. The molecule has 0 bridgehead atoms. The van der Waals surface area contributed by atoms with Crippen LogP contribution in [0.4, 0.5) is 5.82 Å². The summed E-state index contributed by atoms with van der Waals surface area (Å²) in [5.41, 5.74) is 7.08. The summed E-state index contributed by atoms with van der Waals surface area (Å²) in [6.45, 7) is 1.69. The first-order valence-corrected chi connectivity index (χ1v) is 6.02. The van der Waals surface area contributed by atoms with Crippen molar-refractivity contribution >= 4 is 23.1 Å². The van der Waals surface area contributed by atoms with Crippen LogP contribution in [0.2, 0.25) is 0 Å². The minimum Gasteiger partial charge on any atom is -0.464 e. The fourth-order valence-electron chi connectivity index (χ4n) is 1.82. The molecule has 0 aliphatic rings. The maximum Gasteiger partial charge on any atom is 0.355 e. The number of carbonyl (C=O) groups excluding carboxylic acids is 1. The molecule has 0 unspecified atom stereocenters. The van der Waals surface area contributed by atoms with Crippen LogP contribution < -0.4 is 5.73 Å². The second-order valence-electron chi connectivity index (χ2n) is 3.62. The van der Waals surface area contributed by atoms with Gasteiger partial charge in [0.2, 0.25) is 0 Å². The van der Waals surface area contributed by atoms with Gasteiger partial charge in [-0.15, -0.1) is 11.3 Å². The van der Waals surface area contributed by atoms with E-state index in [1.807, 2.05) is 23.6 Å². The SMILES string of the molecule is COC(=O)c1c(C)c(C#N)c(N)n1-c1cccs1. The Morgan fingerprint density at radius 1 is 1.61 bits per heavy atom. The van der Waals surface area contributed by atoms with Gasteiger partial charge in [0.05, 0.1) is 12.7 Å². The Kier molecular flexibility index (Phi) is 3.08. The number of methoxy groups -OCH3 is 1. The minimum absolute atomic E-state index is 0.262. The lowest BCUT2D eigenvalue weighted by Crippen LogP contribution is -2.11. The molecule has 0 saturated heterocycles. The smallest absolute Gasteiger partial charge is 0.355 e. The molecule has 2 aromatic heterocycles. The van der Waals surface area contributed by atoms with Crippen molar-refractivity contribution in [3.8, 4) is 11.1 Å². The van der Waals surface area contributed by atoms with Crippen LogP contribution in [0.25, 0.3) is 5.00 Å². The first-order chi connectivity index (χ1) is 8.61. The van der Waals surface area contributed by atoms with Crippen LogP contribution in [0, 0.1) is 18.3 Å². The lowest BCUT2D eigenvalue weighted by Gasteiger charge is -2.07. The van der Waals surface area contributed by atoms with E-state index in [0.29, 0.717) is 16.8 Å². The molecule has 0 saturated carbocycles. The number of aromatic nitrogens is 1. The first kappa shape index (κ1) is 12.2. The van der Waals surface area contributed by atoms with Crippen molar-refractivity contribution < 1.29 is 9.53 Å². The topological polar surface area (TPSA) is 81.0 Å². The molecule has 2 N–H and O–H groups in total. The van der Waals surface area contributed by atoms with E-state index in [-0.39, 0.29) is 5.82 Å². The van der Waals surface area contributed by atoms with E-state index in [9.17, 15) is 4.79 Å². The summed E-state index contributed by atoms with van der Waals surface area (Å²) in [6.07, 6.45) is 0.